The van der Waals surface area contributed by atoms with E-state index in [1.54, 1.807) is 17.0 Å². The molecule has 0 radical (unpaired) electrons. The maximum absolute atomic E-state index is 12.6. The van der Waals surface area contributed by atoms with Crippen LogP contribution in [0, 0.1) is 0 Å². The van der Waals surface area contributed by atoms with Gasteiger partial charge in [-0.3, -0.25) is 9.59 Å². The van der Waals surface area contributed by atoms with Gasteiger partial charge in [-0.15, -0.1) is 0 Å². The lowest BCUT2D eigenvalue weighted by Crippen LogP contribution is -2.36. The Balaban J connectivity index is 1.70. The van der Waals surface area contributed by atoms with E-state index in [-0.39, 0.29) is 11.9 Å². The van der Waals surface area contributed by atoms with Crippen LogP contribution in [0.15, 0.2) is 42.5 Å². The number of likely N-dealkylation sites (tertiary alicyclic amines) is 1. The number of H-pyrrole nitrogens is 1. The number of nitrogens with one attached hydrogen (secondary N) is 1. The molecule has 0 spiro atoms. The van der Waals surface area contributed by atoms with Crippen molar-refractivity contribution in [2.24, 2.45) is 0 Å². The number of aliphatic hydroxyl groups excluding tert-OH is 1. The molecule has 0 aliphatic carbocycles. The summed E-state index contributed by atoms with van der Waals surface area (Å²) in [5.41, 5.74) is 1.69. The third-order valence-corrected chi connectivity index (χ3v) is 4.38. The van der Waals surface area contributed by atoms with Gasteiger partial charge in [-0.1, -0.05) is 30.3 Å². The fourth-order valence-corrected chi connectivity index (χ4v) is 3.18. The number of aromatic amines is 1. The summed E-state index contributed by atoms with van der Waals surface area (Å²) in [5, 5.41) is 10.4. The number of rotatable bonds is 5. The van der Waals surface area contributed by atoms with Crippen LogP contribution in [0.2, 0.25) is 0 Å². The Hall–Kier alpha value is -2.40. The van der Waals surface area contributed by atoms with Crippen LogP contribution in [0.4, 0.5) is 0 Å². The van der Waals surface area contributed by atoms with Crippen LogP contribution in [0.1, 0.15) is 51.9 Å². The highest BCUT2D eigenvalue weighted by Crippen LogP contribution is 2.28. The second-order valence-corrected chi connectivity index (χ2v) is 5.90. The smallest absolute Gasteiger partial charge is 0.270 e. The van der Waals surface area contributed by atoms with Crippen LogP contribution in [-0.2, 0) is 0 Å². The first-order valence-electron chi connectivity index (χ1n) is 7.87. The predicted octanol–water partition coefficient (Wildman–Crippen LogP) is 2.56. The van der Waals surface area contributed by atoms with Gasteiger partial charge in [0.05, 0.1) is 11.8 Å². The van der Waals surface area contributed by atoms with Crippen LogP contribution < -0.4 is 0 Å². The van der Waals surface area contributed by atoms with Crippen molar-refractivity contribution in [2.75, 3.05) is 6.54 Å². The molecule has 1 aliphatic rings. The summed E-state index contributed by atoms with van der Waals surface area (Å²) in [6.45, 7) is 0.681. The van der Waals surface area contributed by atoms with Crippen molar-refractivity contribution in [1.29, 1.82) is 0 Å². The van der Waals surface area contributed by atoms with E-state index in [4.69, 9.17) is 0 Å². The van der Waals surface area contributed by atoms with Gasteiger partial charge in [0.1, 0.15) is 5.69 Å². The van der Waals surface area contributed by atoms with Crippen LogP contribution in [0.25, 0.3) is 0 Å². The number of aldehydes is 1. The van der Waals surface area contributed by atoms with Crippen molar-refractivity contribution in [3.8, 4) is 0 Å². The number of amides is 1. The summed E-state index contributed by atoms with van der Waals surface area (Å²) in [6, 6.07) is 12.8. The van der Waals surface area contributed by atoms with E-state index in [1.807, 2.05) is 30.3 Å². The molecule has 23 heavy (non-hydrogen) atoms. The van der Waals surface area contributed by atoms with E-state index in [9.17, 15) is 14.7 Å². The molecule has 5 nitrogen and oxygen atoms in total. The lowest BCUT2D eigenvalue weighted by molar-refractivity contribution is 0.0662. The van der Waals surface area contributed by atoms with Crippen molar-refractivity contribution < 1.29 is 14.7 Å². The highest BCUT2D eigenvalue weighted by Gasteiger charge is 2.31. The first-order chi connectivity index (χ1) is 11.2. The van der Waals surface area contributed by atoms with Crippen molar-refractivity contribution in [1.82, 2.24) is 9.88 Å². The molecular weight excluding hydrogens is 292 g/mol. The van der Waals surface area contributed by atoms with Gasteiger partial charge in [-0.2, -0.15) is 0 Å². The number of carbonyl (C=O) groups is 2. The third-order valence-electron chi connectivity index (χ3n) is 4.38. The molecule has 5 heteroatoms. The van der Waals surface area contributed by atoms with Gasteiger partial charge in [0, 0.05) is 12.6 Å². The molecule has 2 unspecified atom stereocenters. The summed E-state index contributed by atoms with van der Waals surface area (Å²) in [4.78, 5) is 28.0. The number of aliphatic hydroxyl groups is 1. The highest BCUT2D eigenvalue weighted by molar-refractivity contribution is 5.94. The molecule has 120 valence electrons. The summed E-state index contributed by atoms with van der Waals surface area (Å²) >= 11 is 0. The molecule has 1 aromatic carbocycles. The molecule has 0 bridgehead atoms. The topological polar surface area (TPSA) is 73.4 Å². The lowest BCUT2D eigenvalue weighted by Gasteiger charge is -2.26. The quantitative estimate of drug-likeness (QED) is 0.833. The first-order valence-corrected chi connectivity index (χ1v) is 7.87. The van der Waals surface area contributed by atoms with Crippen LogP contribution in [0.5, 0.6) is 0 Å². The van der Waals surface area contributed by atoms with E-state index in [0.717, 1.165) is 18.4 Å². The largest absolute Gasteiger partial charge is 0.388 e. The second-order valence-electron chi connectivity index (χ2n) is 5.90. The monoisotopic (exact) mass is 312 g/mol. The SMILES string of the molecule is O=Cc1ccc(C(=O)N2CCCC2CC(O)c2ccccc2)[nH]1. The maximum atomic E-state index is 12.6. The summed E-state index contributed by atoms with van der Waals surface area (Å²) < 4.78 is 0. The van der Waals surface area contributed by atoms with E-state index in [1.165, 1.54) is 0 Å². The molecule has 1 amide bonds. The number of benzene rings is 1. The van der Waals surface area contributed by atoms with Gasteiger partial charge in [0.25, 0.3) is 5.91 Å². The van der Waals surface area contributed by atoms with E-state index in [0.29, 0.717) is 30.6 Å². The minimum absolute atomic E-state index is 0.0145. The first kappa shape index (κ1) is 15.5. The maximum Gasteiger partial charge on any atom is 0.270 e. The average molecular weight is 312 g/mol. The van der Waals surface area contributed by atoms with Crippen LogP contribution in [0.3, 0.4) is 0 Å². The zero-order chi connectivity index (χ0) is 16.2. The third kappa shape index (κ3) is 3.35. The van der Waals surface area contributed by atoms with Gasteiger partial charge < -0.3 is 15.0 Å². The van der Waals surface area contributed by atoms with E-state index >= 15 is 0 Å². The summed E-state index contributed by atoms with van der Waals surface area (Å²) in [6.07, 6.45) is 2.45. The van der Waals surface area contributed by atoms with Gasteiger partial charge in [0.15, 0.2) is 6.29 Å². The van der Waals surface area contributed by atoms with Gasteiger partial charge in [-0.05, 0) is 37.0 Å². The Labute approximate surface area is 134 Å². The molecular formula is C18H20N2O3. The normalized spacial score (nSPS) is 18.8. The van der Waals surface area contributed by atoms with Crippen LogP contribution >= 0.6 is 0 Å². The second kappa shape index (κ2) is 6.79. The fraction of sp³-hybridized carbons (Fsp3) is 0.333. The molecule has 2 atom stereocenters. The van der Waals surface area contributed by atoms with Crippen molar-refractivity contribution in [3.05, 3.63) is 59.4 Å². The van der Waals surface area contributed by atoms with Crippen molar-refractivity contribution in [3.63, 3.8) is 0 Å². The van der Waals surface area contributed by atoms with Gasteiger partial charge >= 0.3 is 0 Å². The molecule has 3 rings (SSSR count). The fourth-order valence-electron chi connectivity index (χ4n) is 3.18. The molecule has 1 saturated heterocycles. The summed E-state index contributed by atoms with van der Waals surface area (Å²) in [7, 11) is 0. The highest BCUT2D eigenvalue weighted by atomic mass is 16.3. The molecule has 0 saturated carbocycles. The van der Waals surface area contributed by atoms with Gasteiger partial charge in [0.2, 0.25) is 0 Å². The number of hydrogen-bond donors (Lipinski definition) is 2. The summed E-state index contributed by atoms with van der Waals surface area (Å²) in [5.74, 6) is -0.110. The lowest BCUT2D eigenvalue weighted by atomic mass is 10.0. The van der Waals surface area contributed by atoms with Crippen molar-refractivity contribution >= 4 is 12.2 Å². The molecule has 1 fully saturated rings. The zero-order valence-electron chi connectivity index (χ0n) is 12.8. The standard InChI is InChI=1S/C18H20N2O3/c21-12-14-8-9-16(19-14)18(23)20-10-4-7-15(20)11-17(22)13-5-2-1-3-6-13/h1-3,5-6,8-9,12,15,17,19,22H,4,7,10-11H2. The molecule has 1 aliphatic heterocycles. The minimum Gasteiger partial charge on any atom is -0.388 e. The Bertz CT molecular complexity index is 681. The molecule has 2 heterocycles. The molecule has 2 aromatic rings. The average Bonchev–Trinajstić information content (AvgIpc) is 3.24. The Morgan fingerprint density at radius 1 is 1.30 bits per heavy atom. The molecule has 1 aromatic heterocycles. The number of carbonyl (C=O) groups excluding carboxylic acids is 2. The zero-order valence-corrected chi connectivity index (χ0v) is 12.8. The van der Waals surface area contributed by atoms with E-state index in [2.05, 4.69) is 4.98 Å². The van der Waals surface area contributed by atoms with Gasteiger partial charge in [-0.25, -0.2) is 0 Å². The Morgan fingerprint density at radius 2 is 2.09 bits per heavy atom. The number of hydrogen-bond acceptors (Lipinski definition) is 3. The number of nitrogens with zero attached hydrogens (tertiary/aromatic N) is 1. The molecule has 2 N–H and O–H groups in total. The van der Waals surface area contributed by atoms with Crippen molar-refractivity contribution in [2.45, 2.75) is 31.4 Å². The Kier molecular flexibility index (Phi) is 4.57. The minimum atomic E-state index is -0.580. The number of aromatic nitrogens is 1. The predicted molar refractivity (Wildman–Crippen MR) is 86.3 cm³/mol. The van der Waals surface area contributed by atoms with E-state index < -0.39 is 6.10 Å². The Morgan fingerprint density at radius 3 is 2.78 bits per heavy atom. The van der Waals surface area contributed by atoms with Crippen LogP contribution in [-0.4, -0.2) is 39.8 Å².